The molecule has 0 aliphatic carbocycles. The van der Waals surface area contributed by atoms with E-state index in [2.05, 4.69) is 9.47 Å². The Hall–Kier alpha value is -1.30. The number of hydrogen-bond acceptors (Lipinski definition) is 2. The third-order valence-electron chi connectivity index (χ3n) is 1.68. The lowest BCUT2D eigenvalue weighted by molar-refractivity contribution is -0.461. The molecule has 1 aromatic carbocycles. The highest BCUT2D eigenvalue weighted by molar-refractivity contribution is 5.36. The monoisotopic (exact) mass is 208 g/mol. The highest BCUT2D eigenvalue weighted by atomic mass is 19.3. The quantitative estimate of drug-likeness (QED) is 0.610. The minimum Gasteiger partial charge on any atom is -0.409 e. The Bertz CT molecular complexity index is 364. The molecule has 1 aliphatic rings. The minimum absolute atomic E-state index is 0.575. The van der Waals surface area contributed by atoms with E-state index in [9.17, 15) is 17.6 Å². The molecular weight excluding hydrogens is 204 g/mol. The van der Waals surface area contributed by atoms with Crippen molar-refractivity contribution in [3.8, 4) is 5.75 Å². The van der Waals surface area contributed by atoms with Crippen LogP contribution in [0, 0.1) is 0 Å². The number of hydrogen-bond donors (Lipinski definition) is 0. The van der Waals surface area contributed by atoms with Crippen LogP contribution in [0.15, 0.2) is 24.3 Å². The van der Waals surface area contributed by atoms with E-state index in [-0.39, 0.29) is 0 Å². The summed E-state index contributed by atoms with van der Waals surface area (Å²) in [5.74, 6) is -0.575. The minimum atomic E-state index is -4.29. The number of alkyl halides is 4. The Balaban J connectivity index is 2.52. The van der Waals surface area contributed by atoms with Crippen LogP contribution in [0.4, 0.5) is 17.6 Å². The first-order valence-corrected chi connectivity index (χ1v) is 3.65. The molecule has 1 heterocycles. The third kappa shape index (κ3) is 1.41. The second kappa shape index (κ2) is 2.60. The van der Waals surface area contributed by atoms with Crippen LogP contribution in [0.2, 0.25) is 0 Å². The molecule has 0 spiro atoms. The van der Waals surface area contributed by atoms with Gasteiger partial charge in [-0.2, -0.15) is 8.78 Å². The van der Waals surface area contributed by atoms with Crippen molar-refractivity contribution in [1.29, 1.82) is 0 Å². The topological polar surface area (TPSA) is 18.5 Å². The Kier molecular flexibility index (Phi) is 1.72. The fraction of sp³-hybridized carbons (Fsp3) is 0.250. The summed E-state index contributed by atoms with van der Waals surface area (Å²) in [4.78, 5) is 0. The molecule has 0 radical (unpaired) electrons. The highest BCUT2D eigenvalue weighted by Crippen LogP contribution is 2.45. The third-order valence-corrected chi connectivity index (χ3v) is 1.68. The molecule has 0 aromatic heterocycles. The van der Waals surface area contributed by atoms with Gasteiger partial charge in [-0.25, -0.2) is 4.74 Å². The Morgan fingerprint density at radius 3 is 2.36 bits per heavy atom. The summed E-state index contributed by atoms with van der Waals surface area (Å²) < 4.78 is 57.8. The molecular formula is C8H4F4O2. The maximum Gasteiger partial charge on any atom is 0.540 e. The summed E-state index contributed by atoms with van der Waals surface area (Å²) in [5, 5.41) is 0. The maximum absolute atomic E-state index is 12.9. The van der Waals surface area contributed by atoms with Gasteiger partial charge in [0, 0.05) is 0 Å². The molecule has 0 saturated carbocycles. The zero-order valence-corrected chi connectivity index (χ0v) is 6.64. The van der Waals surface area contributed by atoms with Crippen LogP contribution in [0.25, 0.3) is 0 Å². The first-order valence-electron chi connectivity index (χ1n) is 3.65. The van der Waals surface area contributed by atoms with Crippen LogP contribution in [0.3, 0.4) is 0 Å². The molecule has 14 heavy (non-hydrogen) atoms. The average Bonchev–Trinajstić information content (AvgIpc) is 2.00. The van der Waals surface area contributed by atoms with E-state index in [1.165, 1.54) is 12.1 Å². The molecule has 6 heteroatoms. The standard InChI is InChI=1S/C8H4F4O2/c9-7(10)5-3-1-2-4-6(5)13-8(11,12)14-7/h1-4H. The molecule has 1 aromatic rings. The van der Waals surface area contributed by atoms with E-state index in [0.29, 0.717) is 0 Å². The van der Waals surface area contributed by atoms with Gasteiger partial charge in [-0.15, -0.1) is 8.78 Å². The summed E-state index contributed by atoms with van der Waals surface area (Å²) in [7, 11) is 0. The van der Waals surface area contributed by atoms with E-state index in [1.54, 1.807) is 0 Å². The Labute approximate surface area is 76.0 Å². The highest BCUT2D eigenvalue weighted by Gasteiger charge is 2.54. The van der Waals surface area contributed by atoms with Gasteiger partial charge in [0.1, 0.15) is 5.75 Å². The van der Waals surface area contributed by atoms with E-state index in [4.69, 9.17) is 0 Å². The number of benzene rings is 1. The molecule has 0 atom stereocenters. The van der Waals surface area contributed by atoms with Crippen molar-refractivity contribution < 1.29 is 27.0 Å². The number of fused-ring (bicyclic) bond motifs is 1. The van der Waals surface area contributed by atoms with E-state index in [0.717, 1.165) is 12.1 Å². The number of halogens is 4. The summed E-state index contributed by atoms with van der Waals surface area (Å²) >= 11 is 0. The van der Waals surface area contributed by atoms with Crippen LogP contribution < -0.4 is 4.74 Å². The van der Waals surface area contributed by atoms with Crippen molar-refractivity contribution in [2.24, 2.45) is 0 Å². The normalized spacial score (nSPS) is 22.3. The van der Waals surface area contributed by atoms with Gasteiger partial charge in [-0.3, -0.25) is 0 Å². The molecule has 0 N–H and O–H groups in total. The smallest absolute Gasteiger partial charge is 0.409 e. The summed E-state index contributed by atoms with van der Waals surface area (Å²) in [6.07, 6.45) is -8.32. The average molecular weight is 208 g/mol. The molecule has 0 bridgehead atoms. The predicted octanol–water partition coefficient (Wildman–Crippen LogP) is 2.70. The summed E-state index contributed by atoms with van der Waals surface area (Å²) in [6.45, 7) is 0. The van der Waals surface area contributed by atoms with E-state index >= 15 is 0 Å². The van der Waals surface area contributed by atoms with Gasteiger partial charge in [0.05, 0.1) is 5.56 Å². The van der Waals surface area contributed by atoms with Crippen molar-refractivity contribution in [1.82, 2.24) is 0 Å². The molecule has 0 amide bonds. The molecule has 1 aliphatic heterocycles. The Morgan fingerprint density at radius 2 is 1.64 bits per heavy atom. The first kappa shape index (κ1) is 9.26. The largest absolute Gasteiger partial charge is 0.540 e. The number of rotatable bonds is 0. The first-order chi connectivity index (χ1) is 6.41. The Morgan fingerprint density at radius 1 is 1.00 bits per heavy atom. The van der Waals surface area contributed by atoms with Crippen molar-refractivity contribution >= 4 is 0 Å². The van der Waals surface area contributed by atoms with Gasteiger partial charge in [0.15, 0.2) is 0 Å². The zero-order chi connectivity index (χ0) is 10.4. The lowest BCUT2D eigenvalue weighted by Gasteiger charge is -2.30. The van der Waals surface area contributed by atoms with Crippen molar-refractivity contribution in [3.63, 3.8) is 0 Å². The molecule has 0 fully saturated rings. The summed E-state index contributed by atoms with van der Waals surface area (Å²) in [6, 6.07) is 4.59. The number of para-hydroxylation sites is 1. The van der Waals surface area contributed by atoms with Gasteiger partial charge in [0.25, 0.3) is 0 Å². The van der Waals surface area contributed by atoms with Crippen molar-refractivity contribution in [3.05, 3.63) is 29.8 Å². The molecule has 2 rings (SSSR count). The second-order valence-corrected chi connectivity index (χ2v) is 2.68. The van der Waals surface area contributed by atoms with Crippen LogP contribution >= 0.6 is 0 Å². The van der Waals surface area contributed by atoms with Gasteiger partial charge in [-0.05, 0) is 12.1 Å². The fourth-order valence-corrected chi connectivity index (χ4v) is 1.15. The maximum atomic E-state index is 12.9. The molecule has 0 saturated heterocycles. The van der Waals surface area contributed by atoms with Crippen LogP contribution in [-0.4, -0.2) is 6.29 Å². The van der Waals surface area contributed by atoms with Gasteiger partial charge in [0.2, 0.25) is 0 Å². The van der Waals surface area contributed by atoms with Gasteiger partial charge in [-0.1, -0.05) is 12.1 Å². The van der Waals surface area contributed by atoms with Crippen molar-refractivity contribution in [2.75, 3.05) is 0 Å². The number of ether oxygens (including phenoxy) is 2. The zero-order valence-electron chi connectivity index (χ0n) is 6.64. The van der Waals surface area contributed by atoms with E-state index < -0.39 is 23.7 Å². The second-order valence-electron chi connectivity index (χ2n) is 2.68. The molecule has 0 unspecified atom stereocenters. The molecule has 76 valence electrons. The van der Waals surface area contributed by atoms with Gasteiger partial charge < -0.3 is 4.74 Å². The van der Waals surface area contributed by atoms with Gasteiger partial charge >= 0.3 is 12.4 Å². The summed E-state index contributed by atoms with van der Waals surface area (Å²) in [5.41, 5.74) is -0.703. The van der Waals surface area contributed by atoms with Crippen LogP contribution in [-0.2, 0) is 10.8 Å². The van der Waals surface area contributed by atoms with Crippen LogP contribution in [0.1, 0.15) is 5.56 Å². The lowest BCUT2D eigenvalue weighted by Crippen LogP contribution is -2.40. The predicted molar refractivity (Wildman–Crippen MR) is 37.0 cm³/mol. The molecule has 2 nitrogen and oxygen atoms in total. The van der Waals surface area contributed by atoms with Crippen LogP contribution in [0.5, 0.6) is 5.75 Å². The fourth-order valence-electron chi connectivity index (χ4n) is 1.15. The van der Waals surface area contributed by atoms with Crippen molar-refractivity contribution in [2.45, 2.75) is 12.4 Å². The van der Waals surface area contributed by atoms with E-state index in [1.807, 2.05) is 0 Å². The lowest BCUT2D eigenvalue weighted by atomic mass is 10.2. The SMILES string of the molecule is FC1(F)Oc2ccccc2C(F)(F)O1.